The number of aryl methyl sites for hydroxylation is 1. The highest BCUT2D eigenvalue weighted by Crippen LogP contribution is 2.35. The van der Waals surface area contributed by atoms with Crippen LogP contribution in [0, 0.1) is 5.92 Å². The molecule has 0 bridgehead atoms. The van der Waals surface area contributed by atoms with Crippen LogP contribution in [0.1, 0.15) is 54.7 Å². The number of nitrogens with one attached hydrogen (secondary N) is 1. The van der Waals surface area contributed by atoms with Crippen molar-refractivity contribution in [2.75, 3.05) is 13.1 Å². The zero-order valence-corrected chi connectivity index (χ0v) is 16.1. The van der Waals surface area contributed by atoms with Crippen LogP contribution in [0.2, 0.25) is 0 Å². The SMILES string of the molecule is Cn1nc(C(F)F)cc1C(=O)NC[C@@H]1CC[C@H](CC(=O)O)N1CC1CC1.O=CO. The van der Waals surface area contributed by atoms with E-state index >= 15 is 0 Å². The molecule has 0 radical (unpaired) electrons. The average Bonchev–Trinajstić information content (AvgIpc) is 3.26. The fraction of sp³-hybridized carbons (Fsp3) is 0.667. The number of hydrogen-bond acceptors (Lipinski definition) is 5. The number of carbonyl (C=O) groups is 3. The standard InChI is InChI=1S/C17H24F2N4O3.CH2O2/c1-22-14(7-13(21-22)16(18)19)17(26)20-8-12-5-4-11(6-15(24)25)23(12)9-10-2-3-10;2-1-3/h7,10-12,16H,2-6,8-9H2,1H3,(H,20,26)(H,24,25);1H,(H,2,3)/t11-,12+;/m1./s1. The molecule has 1 saturated heterocycles. The Morgan fingerprint density at radius 2 is 1.93 bits per heavy atom. The van der Waals surface area contributed by atoms with Gasteiger partial charge >= 0.3 is 5.97 Å². The Hall–Kier alpha value is -2.56. The molecule has 29 heavy (non-hydrogen) atoms. The number of halogens is 2. The number of rotatable bonds is 8. The Morgan fingerprint density at radius 3 is 2.45 bits per heavy atom. The largest absolute Gasteiger partial charge is 0.483 e. The molecule has 1 amide bonds. The number of alkyl halides is 2. The quantitative estimate of drug-likeness (QED) is 0.549. The first-order valence-electron chi connectivity index (χ1n) is 9.42. The summed E-state index contributed by atoms with van der Waals surface area (Å²) in [7, 11) is 1.46. The van der Waals surface area contributed by atoms with Gasteiger partial charge < -0.3 is 15.5 Å². The smallest absolute Gasteiger partial charge is 0.304 e. The van der Waals surface area contributed by atoms with Gasteiger partial charge in [-0.3, -0.25) is 24.0 Å². The lowest BCUT2D eigenvalue weighted by molar-refractivity contribution is -0.138. The number of likely N-dealkylation sites (tertiary alicyclic amines) is 1. The topological polar surface area (TPSA) is 125 Å². The van der Waals surface area contributed by atoms with E-state index < -0.39 is 24.0 Å². The van der Waals surface area contributed by atoms with Gasteiger partial charge in [-0.25, -0.2) is 8.78 Å². The lowest BCUT2D eigenvalue weighted by Crippen LogP contribution is -2.45. The molecule has 0 spiro atoms. The molecule has 3 N–H and O–H groups in total. The van der Waals surface area contributed by atoms with Gasteiger partial charge in [0.2, 0.25) is 0 Å². The highest BCUT2D eigenvalue weighted by Gasteiger charge is 2.38. The highest BCUT2D eigenvalue weighted by molar-refractivity contribution is 5.92. The second kappa shape index (κ2) is 10.3. The van der Waals surface area contributed by atoms with Crippen molar-refractivity contribution in [1.82, 2.24) is 20.0 Å². The summed E-state index contributed by atoms with van der Waals surface area (Å²) in [6, 6.07) is 1.17. The minimum atomic E-state index is -2.72. The Morgan fingerprint density at radius 1 is 1.31 bits per heavy atom. The van der Waals surface area contributed by atoms with Crippen LogP contribution in [-0.4, -0.2) is 68.4 Å². The van der Waals surface area contributed by atoms with Gasteiger partial charge in [0.25, 0.3) is 18.8 Å². The van der Waals surface area contributed by atoms with Gasteiger partial charge in [0.05, 0.1) is 6.42 Å². The maximum absolute atomic E-state index is 12.7. The highest BCUT2D eigenvalue weighted by atomic mass is 19.3. The predicted octanol–water partition coefficient (Wildman–Crippen LogP) is 1.51. The van der Waals surface area contributed by atoms with Gasteiger partial charge in [-0.1, -0.05) is 0 Å². The summed E-state index contributed by atoms with van der Waals surface area (Å²) in [4.78, 5) is 34.0. The number of nitrogens with zero attached hydrogens (tertiary/aromatic N) is 3. The fourth-order valence-electron chi connectivity index (χ4n) is 3.66. The van der Waals surface area contributed by atoms with Crippen LogP contribution in [0.4, 0.5) is 8.78 Å². The molecule has 11 heteroatoms. The molecule has 1 aliphatic carbocycles. The van der Waals surface area contributed by atoms with Crippen molar-refractivity contribution < 1.29 is 33.4 Å². The number of hydrogen-bond donors (Lipinski definition) is 3. The zero-order chi connectivity index (χ0) is 21.6. The number of aromatic nitrogens is 2. The van der Waals surface area contributed by atoms with Gasteiger partial charge in [-0.2, -0.15) is 5.10 Å². The number of carboxylic acids is 1. The van der Waals surface area contributed by atoms with E-state index in [1.165, 1.54) is 19.9 Å². The number of amides is 1. The summed E-state index contributed by atoms with van der Waals surface area (Å²) >= 11 is 0. The van der Waals surface area contributed by atoms with Crippen molar-refractivity contribution in [3.63, 3.8) is 0 Å². The minimum absolute atomic E-state index is 0.00265. The van der Waals surface area contributed by atoms with Gasteiger partial charge in [0.1, 0.15) is 11.4 Å². The fourth-order valence-corrected chi connectivity index (χ4v) is 3.66. The Balaban J connectivity index is 0.000000941. The van der Waals surface area contributed by atoms with Crippen molar-refractivity contribution in [3.8, 4) is 0 Å². The molecular weight excluding hydrogens is 390 g/mol. The average molecular weight is 416 g/mol. The molecule has 2 heterocycles. The molecule has 0 aromatic carbocycles. The van der Waals surface area contributed by atoms with E-state index in [0.29, 0.717) is 12.5 Å². The maximum Gasteiger partial charge on any atom is 0.304 e. The summed E-state index contributed by atoms with van der Waals surface area (Å²) in [5, 5.41) is 22.4. The molecule has 3 rings (SSSR count). The van der Waals surface area contributed by atoms with Crippen molar-refractivity contribution in [3.05, 3.63) is 17.5 Å². The maximum atomic E-state index is 12.7. The lowest BCUT2D eigenvalue weighted by atomic mass is 10.1. The summed E-state index contributed by atoms with van der Waals surface area (Å²) in [6.07, 6.45) is 1.33. The van der Waals surface area contributed by atoms with E-state index in [1.54, 1.807) is 0 Å². The first kappa shape index (κ1) is 22.7. The monoisotopic (exact) mass is 416 g/mol. The molecule has 2 fully saturated rings. The number of carbonyl (C=O) groups excluding carboxylic acids is 1. The molecule has 1 aliphatic heterocycles. The zero-order valence-electron chi connectivity index (χ0n) is 16.1. The molecular formula is C18H26F2N4O5. The third-order valence-electron chi connectivity index (χ3n) is 5.20. The van der Waals surface area contributed by atoms with E-state index in [0.717, 1.165) is 30.1 Å². The van der Waals surface area contributed by atoms with Crippen LogP contribution in [-0.2, 0) is 16.6 Å². The predicted molar refractivity (Wildman–Crippen MR) is 97.7 cm³/mol. The second-order valence-electron chi connectivity index (χ2n) is 7.32. The van der Waals surface area contributed by atoms with Crippen molar-refractivity contribution in [1.29, 1.82) is 0 Å². The molecule has 0 unspecified atom stereocenters. The van der Waals surface area contributed by atoms with Gasteiger partial charge in [0.15, 0.2) is 0 Å². The molecule has 1 saturated carbocycles. The molecule has 1 aromatic rings. The van der Waals surface area contributed by atoms with Gasteiger partial charge in [0, 0.05) is 32.2 Å². The number of aliphatic carboxylic acids is 1. The summed E-state index contributed by atoms with van der Waals surface area (Å²) in [5.74, 6) is -0.636. The van der Waals surface area contributed by atoms with Crippen molar-refractivity contribution in [2.24, 2.45) is 13.0 Å². The normalized spacial score (nSPS) is 21.5. The molecule has 2 aliphatic rings. The van der Waals surface area contributed by atoms with Crippen LogP contribution in [0.5, 0.6) is 0 Å². The van der Waals surface area contributed by atoms with Crippen molar-refractivity contribution in [2.45, 2.75) is 50.6 Å². The van der Waals surface area contributed by atoms with Gasteiger partial charge in [-0.15, -0.1) is 0 Å². The third-order valence-corrected chi connectivity index (χ3v) is 5.20. The van der Waals surface area contributed by atoms with Crippen LogP contribution >= 0.6 is 0 Å². The summed E-state index contributed by atoms with van der Waals surface area (Å²) < 4.78 is 26.6. The lowest BCUT2D eigenvalue weighted by Gasteiger charge is -2.29. The Labute approximate surface area is 166 Å². The van der Waals surface area contributed by atoms with Crippen LogP contribution in [0.25, 0.3) is 0 Å². The molecule has 162 valence electrons. The second-order valence-corrected chi connectivity index (χ2v) is 7.32. The van der Waals surface area contributed by atoms with Crippen LogP contribution < -0.4 is 5.32 Å². The molecule has 1 aromatic heterocycles. The molecule has 9 nitrogen and oxygen atoms in total. The van der Waals surface area contributed by atoms with E-state index in [4.69, 9.17) is 15.0 Å². The minimum Gasteiger partial charge on any atom is -0.483 e. The first-order valence-corrected chi connectivity index (χ1v) is 9.42. The van der Waals surface area contributed by atoms with Crippen molar-refractivity contribution >= 4 is 18.3 Å². The summed E-state index contributed by atoms with van der Waals surface area (Å²) in [5.41, 5.74) is -0.329. The first-order chi connectivity index (χ1) is 13.8. The summed E-state index contributed by atoms with van der Waals surface area (Å²) in [6.45, 7) is 0.983. The van der Waals surface area contributed by atoms with E-state index in [1.807, 2.05) is 0 Å². The van der Waals surface area contributed by atoms with E-state index in [2.05, 4.69) is 15.3 Å². The van der Waals surface area contributed by atoms with E-state index in [9.17, 15) is 18.4 Å². The van der Waals surface area contributed by atoms with Gasteiger partial charge in [-0.05, 0) is 37.7 Å². The van der Waals surface area contributed by atoms with E-state index in [-0.39, 0.29) is 30.7 Å². The van der Waals surface area contributed by atoms with Crippen LogP contribution in [0.3, 0.4) is 0 Å². The van der Waals surface area contributed by atoms with Crippen LogP contribution in [0.15, 0.2) is 6.07 Å². The Bertz CT molecular complexity index is 723. The molecule has 2 atom stereocenters. The Kier molecular flexibility index (Phi) is 8.06. The number of carboxylic acid groups (broad SMARTS) is 2. The third kappa shape index (κ3) is 6.48.